The topological polar surface area (TPSA) is 44.5 Å². The van der Waals surface area contributed by atoms with E-state index < -0.39 is 0 Å². The monoisotopic (exact) mass is 241 g/mol. The van der Waals surface area contributed by atoms with Crippen molar-refractivity contribution in [3.8, 4) is 0 Å². The van der Waals surface area contributed by atoms with Gasteiger partial charge in [-0.1, -0.05) is 13.8 Å². The molecule has 2 N–H and O–H groups in total. The molecule has 6 unspecified atom stereocenters. The summed E-state index contributed by atoms with van der Waals surface area (Å²) in [5.74, 6) is 1.63. The third-order valence-corrected chi connectivity index (χ3v) is 4.57. The van der Waals surface area contributed by atoms with Crippen molar-refractivity contribution >= 4 is 0 Å². The lowest BCUT2D eigenvalue weighted by atomic mass is 9.79. The molecule has 0 amide bonds. The fraction of sp³-hybridized carbons (Fsp3) is 1.00. The maximum absolute atomic E-state index is 6.18. The van der Waals surface area contributed by atoms with E-state index in [1.807, 2.05) is 6.92 Å². The van der Waals surface area contributed by atoms with Crippen LogP contribution >= 0.6 is 0 Å². The van der Waals surface area contributed by atoms with Crippen LogP contribution in [0, 0.1) is 11.8 Å². The average molecular weight is 241 g/mol. The molecule has 0 spiro atoms. The van der Waals surface area contributed by atoms with Crippen LogP contribution < -0.4 is 5.73 Å². The first-order valence-electron chi connectivity index (χ1n) is 7.14. The van der Waals surface area contributed by atoms with E-state index in [4.69, 9.17) is 15.2 Å². The van der Waals surface area contributed by atoms with Crippen LogP contribution in [0.1, 0.15) is 46.5 Å². The standard InChI is InChI=1S/C14H27NO2/c1-4-16-14-12(15)8-13(14)17-11-6-5-9(2)10(3)7-11/h9-14H,4-8,15H2,1-3H3. The lowest BCUT2D eigenvalue weighted by molar-refractivity contribution is -0.168. The highest BCUT2D eigenvalue weighted by molar-refractivity contribution is 4.96. The van der Waals surface area contributed by atoms with E-state index in [0.29, 0.717) is 6.10 Å². The van der Waals surface area contributed by atoms with E-state index in [0.717, 1.165) is 24.9 Å². The molecule has 3 nitrogen and oxygen atoms in total. The molecular weight excluding hydrogens is 214 g/mol. The van der Waals surface area contributed by atoms with Crippen LogP contribution in [0.25, 0.3) is 0 Å². The molecule has 17 heavy (non-hydrogen) atoms. The third-order valence-electron chi connectivity index (χ3n) is 4.57. The van der Waals surface area contributed by atoms with Crippen LogP contribution in [0.2, 0.25) is 0 Å². The van der Waals surface area contributed by atoms with Crippen LogP contribution in [0.15, 0.2) is 0 Å². The van der Waals surface area contributed by atoms with Crippen LogP contribution in [0.5, 0.6) is 0 Å². The molecule has 0 aliphatic heterocycles. The summed E-state index contributed by atoms with van der Waals surface area (Å²) in [6, 6.07) is 0.180. The molecule has 100 valence electrons. The summed E-state index contributed by atoms with van der Waals surface area (Å²) >= 11 is 0. The van der Waals surface area contributed by atoms with Crippen LogP contribution in [0.3, 0.4) is 0 Å². The Morgan fingerprint density at radius 3 is 2.47 bits per heavy atom. The van der Waals surface area contributed by atoms with Gasteiger partial charge in [-0.2, -0.15) is 0 Å². The zero-order chi connectivity index (χ0) is 12.4. The van der Waals surface area contributed by atoms with E-state index >= 15 is 0 Å². The molecule has 3 heteroatoms. The molecule has 0 aromatic heterocycles. The summed E-state index contributed by atoms with van der Waals surface area (Å²) in [6.45, 7) is 7.44. The van der Waals surface area contributed by atoms with E-state index in [9.17, 15) is 0 Å². The fourth-order valence-corrected chi connectivity index (χ4v) is 3.04. The second-order valence-electron chi connectivity index (χ2n) is 5.88. The van der Waals surface area contributed by atoms with Gasteiger partial charge in [0.1, 0.15) is 0 Å². The van der Waals surface area contributed by atoms with Crippen molar-refractivity contribution < 1.29 is 9.47 Å². The third kappa shape index (κ3) is 3.01. The zero-order valence-electron chi connectivity index (χ0n) is 11.4. The Bertz CT molecular complexity index is 246. The number of hydrogen-bond donors (Lipinski definition) is 1. The van der Waals surface area contributed by atoms with Gasteiger partial charge in [0.05, 0.1) is 18.3 Å². The molecule has 0 aromatic rings. The van der Waals surface area contributed by atoms with E-state index in [2.05, 4.69) is 13.8 Å². The number of hydrogen-bond acceptors (Lipinski definition) is 3. The van der Waals surface area contributed by atoms with Crippen molar-refractivity contribution in [3.63, 3.8) is 0 Å². The molecule has 6 atom stereocenters. The van der Waals surface area contributed by atoms with Crippen molar-refractivity contribution in [3.05, 3.63) is 0 Å². The Hall–Kier alpha value is -0.120. The minimum absolute atomic E-state index is 0.134. The Morgan fingerprint density at radius 2 is 1.88 bits per heavy atom. The fourth-order valence-electron chi connectivity index (χ4n) is 3.04. The SMILES string of the molecule is CCOC1C(N)CC1OC1CCC(C)C(C)C1. The maximum Gasteiger partial charge on any atom is 0.0988 e. The van der Waals surface area contributed by atoms with Crippen molar-refractivity contribution in [2.75, 3.05) is 6.61 Å². The van der Waals surface area contributed by atoms with Crippen LogP contribution in [-0.2, 0) is 9.47 Å². The highest BCUT2D eigenvalue weighted by Crippen LogP contribution is 2.35. The van der Waals surface area contributed by atoms with Gasteiger partial charge in [0.2, 0.25) is 0 Å². The Balaban J connectivity index is 1.78. The van der Waals surface area contributed by atoms with E-state index in [1.165, 1.54) is 19.3 Å². The summed E-state index contributed by atoms with van der Waals surface area (Å²) in [7, 11) is 0. The largest absolute Gasteiger partial charge is 0.374 e. The smallest absolute Gasteiger partial charge is 0.0988 e. The predicted molar refractivity (Wildman–Crippen MR) is 68.8 cm³/mol. The highest BCUT2D eigenvalue weighted by atomic mass is 16.6. The van der Waals surface area contributed by atoms with Gasteiger partial charge in [-0.3, -0.25) is 0 Å². The number of nitrogens with two attached hydrogens (primary N) is 1. The quantitative estimate of drug-likeness (QED) is 0.821. The molecule has 0 radical (unpaired) electrons. The molecule has 0 saturated heterocycles. The van der Waals surface area contributed by atoms with Gasteiger partial charge in [0.15, 0.2) is 0 Å². The van der Waals surface area contributed by atoms with Crippen molar-refractivity contribution in [2.24, 2.45) is 17.6 Å². The first kappa shape index (κ1) is 13.3. The second kappa shape index (κ2) is 5.68. The van der Waals surface area contributed by atoms with Gasteiger partial charge in [0, 0.05) is 12.6 Å². The van der Waals surface area contributed by atoms with Gasteiger partial charge in [-0.05, 0) is 44.4 Å². The van der Waals surface area contributed by atoms with Gasteiger partial charge in [-0.15, -0.1) is 0 Å². The molecular formula is C14H27NO2. The van der Waals surface area contributed by atoms with Crippen LogP contribution in [-0.4, -0.2) is 31.0 Å². The number of ether oxygens (including phenoxy) is 2. The molecule has 2 aliphatic rings. The van der Waals surface area contributed by atoms with Crippen LogP contribution in [0.4, 0.5) is 0 Å². The number of rotatable bonds is 4. The summed E-state index contributed by atoms with van der Waals surface area (Å²) in [5, 5.41) is 0. The van der Waals surface area contributed by atoms with Gasteiger partial charge >= 0.3 is 0 Å². The Kier molecular flexibility index (Phi) is 4.45. The predicted octanol–water partition coefficient (Wildman–Crippen LogP) is 2.33. The lowest BCUT2D eigenvalue weighted by Gasteiger charge is -2.44. The first-order valence-corrected chi connectivity index (χ1v) is 7.14. The zero-order valence-corrected chi connectivity index (χ0v) is 11.4. The van der Waals surface area contributed by atoms with Gasteiger partial charge in [-0.25, -0.2) is 0 Å². The minimum Gasteiger partial charge on any atom is -0.374 e. The molecule has 2 fully saturated rings. The van der Waals surface area contributed by atoms with E-state index in [1.54, 1.807) is 0 Å². The maximum atomic E-state index is 6.18. The van der Waals surface area contributed by atoms with Crippen molar-refractivity contribution in [1.82, 2.24) is 0 Å². The molecule has 2 rings (SSSR count). The summed E-state index contributed by atoms with van der Waals surface area (Å²) in [4.78, 5) is 0. The summed E-state index contributed by atoms with van der Waals surface area (Å²) < 4.78 is 11.8. The molecule has 2 saturated carbocycles. The summed E-state index contributed by atoms with van der Waals surface area (Å²) in [5.41, 5.74) is 5.95. The molecule has 0 bridgehead atoms. The highest BCUT2D eigenvalue weighted by Gasteiger charge is 2.42. The minimum atomic E-state index is 0.134. The van der Waals surface area contributed by atoms with Gasteiger partial charge in [0.25, 0.3) is 0 Å². The summed E-state index contributed by atoms with van der Waals surface area (Å²) in [6.07, 6.45) is 5.48. The second-order valence-corrected chi connectivity index (χ2v) is 5.88. The lowest BCUT2D eigenvalue weighted by Crippen LogP contribution is -2.59. The normalized spacial score (nSPS) is 46.6. The first-order chi connectivity index (χ1) is 8.11. The molecule has 2 aliphatic carbocycles. The van der Waals surface area contributed by atoms with Crippen molar-refractivity contribution in [2.45, 2.75) is 70.8 Å². The molecule has 0 heterocycles. The Morgan fingerprint density at radius 1 is 1.12 bits per heavy atom. The van der Waals surface area contributed by atoms with Gasteiger partial charge < -0.3 is 15.2 Å². The van der Waals surface area contributed by atoms with E-state index in [-0.39, 0.29) is 18.2 Å². The van der Waals surface area contributed by atoms with Crippen molar-refractivity contribution in [1.29, 1.82) is 0 Å². The molecule has 0 aromatic carbocycles. The average Bonchev–Trinajstić information content (AvgIpc) is 2.30. The Labute approximate surface area is 105 Å².